The summed E-state index contributed by atoms with van der Waals surface area (Å²) in [4.78, 5) is 16.6. The Labute approximate surface area is 96.1 Å². The zero-order valence-corrected chi connectivity index (χ0v) is 10.2. The van der Waals surface area contributed by atoms with Gasteiger partial charge < -0.3 is 4.84 Å². The first-order valence-electron chi connectivity index (χ1n) is 5.25. The molecule has 1 aromatic rings. The highest BCUT2D eigenvalue weighted by molar-refractivity contribution is 5.95. The van der Waals surface area contributed by atoms with Crippen molar-refractivity contribution in [3.63, 3.8) is 0 Å². The van der Waals surface area contributed by atoms with Crippen LogP contribution in [0.15, 0.2) is 23.4 Å². The average molecular weight is 219 g/mol. The van der Waals surface area contributed by atoms with Crippen molar-refractivity contribution in [2.24, 2.45) is 5.16 Å². The van der Waals surface area contributed by atoms with Crippen LogP contribution < -0.4 is 0 Å². The molecule has 0 saturated heterocycles. The van der Waals surface area contributed by atoms with Gasteiger partial charge in [0, 0.05) is 11.1 Å². The molecule has 0 aliphatic heterocycles. The molecule has 0 aliphatic carbocycles. The maximum absolute atomic E-state index is 11.4. The van der Waals surface area contributed by atoms with E-state index >= 15 is 0 Å². The number of nitrogens with zero attached hydrogens (tertiary/aromatic N) is 1. The van der Waals surface area contributed by atoms with E-state index in [4.69, 9.17) is 4.84 Å². The summed E-state index contributed by atoms with van der Waals surface area (Å²) in [6, 6.07) is 5.66. The van der Waals surface area contributed by atoms with Crippen molar-refractivity contribution in [3.05, 3.63) is 34.9 Å². The van der Waals surface area contributed by atoms with E-state index in [-0.39, 0.29) is 5.78 Å². The summed E-state index contributed by atoms with van der Waals surface area (Å²) in [6.07, 6.45) is 0. The van der Waals surface area contributed by atoms with E-state index in [1.807, 2.05) is 39.0 Å². The molecule has 1 rings (SSSR count). The van der Waals surface area contributed by atoms with Gasteiger partial charge in [-0.3, -0.25) is 4.79 Å². The molecule has 86 valence electrons. The molecule has 0 spiro atoms. The van der Waals surface area contributed by atoms with E-state index in [1.54, 1.807) is 6.92 Å². The molecule has 3 heteroatoms. The van der Waals surface area contributed by atoms with Gasteiger partial charge >= 0.3 is 0 Å². The summed E-state index contributed by atoms with van der Waals surface area (Å²) in [5, 5.41) is 3.87. The third-order valence-electron chi connectivity index (χ3n) is 2.25. The van der Waals surface area contributed by atoms with Crippen molar-refractivity contribution in [3.8, 4) is 0 Å². The first-order valence-corrected chi connectivity index (χ1v) is 5.25. The summed E-state index contributed by atoms with van der Waals surface area (Å²) in [6.45, 7) is 7.60. The molecule has 0 N–H and O–H groups in total. The Balaban J connectivity index is 2.93. The number of hydrogen-bond acceptors (Lipinski definition) is 3. The van der Waals surface area contributed by atoms with Gasteiger partial charge in [-0.1, -0.05) is 23.4 Å². The van der Waals surface area contributed by atoms with Gasteiger partial charge in [-0.05, 0) is 33.3 Å². The smallest absolute Gasteiger partial charge is 0.160 e. The Kier molecular flexibility index (Phi) is 4.23. The van der Waals surface area contributed by atoms with E-state index in [0.29, 0.717) is 12.2 Å². The normalized spacial score (nSPS) is 9.75. The lowest BCUT2D eigenvalue weighted by atomic mass is 10.0. The minimum absolute atomic E-state index is 0.0551. The van der Waals surface area contributed by atoms with Crippen LogP contribution in [-0.4, -0.2) is 11.5 Å². The van der Waals surface area contributed by atoms with Gasteiger partial charge in [0.25, 0.3) is 0 Å². The van der Waals surface area contributed by atoms with Crippen molar-refractivity contribution >= 4 is 11.5 Å². The summed E-state index contributed by atoms with van der Waals surface area (Å²) in [5.41, 5.74) is 3.54. The Bertz CT molecular complexity index is 418. The number of benzene rings is 1. The van der Waals surface area contributed by atoms with Gasteiger partial charge in [-0.15, -0.1) is 0 Å². The molecule has 1 aromatic carbocycles. The van der Waals surface area contributed by atoms with Crippen molar-refractivity contribution < 1.29 is 9.63 Å². The van der Waals surface area contributed by atoms with E-state index in [1.165, 1.54) is 0 Å². The Hall–Kier alpha value is -1.64. The van der Waals surface area contributed by atoms with Crippen LogP contribution in [0.1, 0.15) is 42.3 Å². The highest BCUT2D eigenvalue weighted by Crippen LogP contribution is 2.16. The van der Waals surface area contributed by atoms with Crippen LogP contribution in [0.4, 0.5) is 0 Å². The molecule has 0 saturated carbocycles. The number of Topliss-reactive ketones (excluding diaryl/α,β-unsaturated/α-hetero) is 1. The molecule has 0 radical (unpaired) electrons. The van der Waals surface area contributed by atoms with Gasteiger partial charge in [0.05, 0.1) is 5.71 Å². The molecule has 0 amide bonds. The number of ketones is 1. The van der Waals surface area contributed by atoms with E-state index in [0.717, 1.165) is 16.8 Å². The minimum atomic E-state index is 0.0551. The highest BCUT2D eigenvalue weighted by Gasteiger charge is 2.09. The van der Waals surface area contributed by atoms with Gasteiger partial charge in [0.2, 0.25) is 0 Å². The molecular weight excluding hydrogens is 202 g/mol. The lowest BCUT2D eigenvalue weighted by Crippen LogP contribution is -2.03. The molecule has 0 aliphatic rings. The first-order chi connectivity index (χ1) is 7.52. The number of oxime groups is 1. The van der Waals surface area contributed by atoms with E-state index < -0.39 is 0 Å². The molecule has 3 nitrogen and oxygen atoms in total. The van der Waals surface area contributed by atoms with Crippen molar-refractivity contribution in [1.29, 1.82) is 0 Å². The average Bonchev–Trinajstić information content (AvgIpc) is 2.19. The molecule has 0 unspecified atom stereocenters. The monoisotopic (exact) mass is 219 g/mol. The maximum atomic E-state index is 11.4. The summed E-state index contributed by atoms with van der Waals surface area (Å²) < 4.78 is 0. The fourth-order valence-electron chi connectivity index (χ4n) is 1.45. The van der Waals surface area contributed by atoms with Gasteiger partial charge in [0.1, 0.15) is 6.61 Å². The molecule has 0 bridgehead atoms. The van der Waals surface area contributed by atoms with Crippen LogP contribution in [0.25, 0.3) is 0 Å². The number of aryl methyl sites for hydroxylation is 1. The molecule has 16 heavy (non-hydrogen) atoms. The number of carbonyl (C=O) groups excluding carboxylic acids is 1. The Morgan fingerprint density at radius 1 is 1.31 bits per heavy atom. The molecular formula is C13H17NO2. The SMILES string of the molecule is CC(=O)c1cccc(C)c1CON=C(C)C. The third-order valence-corrected chi connectivity index (χ3v) is 2.25. The Morgan fingerprint density at radius 2 is 2.00 bits per heavy atom. The lowest BCUT2D eigenvalue weighted by molar-refractivity contribution is 0.100. The predicted octanol–water partition coefficient (Wildman–Crippen LogP) is 3.11. The summed E-state index contributed by atoms with van der Waals surface area (Å²) in [5.74, 6) is 0.0551. The van der Waals surface area contributed by atoms with Gasteiger partial charge in [0.15, 0.2) is 5.78 Å². The first kappa shape index (κ1) is 12.4. The third kappa shape index (κ3) is 3.19. The van der Waals surface area contributed by atoms with Crippen LogP contribution in [0, 0.1) is 6.92 Å². The standard InChI is InChI=1S/C13H17NO2/c1-9(2)14-16-8-13-10(3)6-5-7-12(13)11(4)15/h5-7H,8H2,1-4H3. The van der Waals surface area contributed by atoms with Gasteiger partial charge in [-0.25, -0.2) is 0 Å². The topological polar surface area (TPSA) is 38.7 Å². The Morgan fingerprint density at radius 3 is 2.56 bits per heavy atom. The van der Waals surface area contributed by atoms with Gasteiger partial charge in [-0.2, -0.15) is 0 Å². The second-order valence-electron chi connectivity index (χ2n) is 3.97. The van der Waals surface area contributed by atoms with Crippen LogP contribution in [0.2, 0.25) is 0 Å². The number of hydrogen-bond donors (Lipinski definition) is 0. The number of rotatable bonds is 4. The second-order valence-corrected chi connectivity index (χ2v) is 3.97. The number of carbonyl (C=O) groups is 1. The van der Waals surface area contributed by atoms with Crippen molar-refractivity contribution in [2.75, 3.05) is 0 Å². The van der Waals surface area contributed by atoms with Crippen LogP contribution in [0.5, 0.6) is 0 Å². The predicted molar refractivity (Wildman–Crippen MR) is 64.8 cm³/mol. The maximum Gasteiger partial charge on any atom is 0.160 e. The van der Waals surface area contributed by atoms with E-state index in [2.05, 4.69) is 5.16 Å². The molecule has 0 fully saturated rings. The second kappa shape index (κ2) is 5.45. The molecule has 0 heterocycles. The lowest BCUT2D eigenvalue weighted by Gasteiger charge is -2.09. The summed E-state index contributed by atoms with van der Waals surface area (Å²) >= 11 is 0. The minimum Gasteiger partial charge on any atom is -0.391 e. The zero-order chi connectivity index (χ0) is 12.1. The largest absolute Gasteiger partial charge is 0.391 e. The zero-order valence-electron chi connectivity index (χ0n) is 10.2. The summed E-state index contributed by atoms with van der Waals surface area (Å²) in [7, 11) is 0. The van der Waals surface area contributed by atoms with Crippen LogP contribution in [0.3, 0.4) is 0 Å². The fraction of sp³-hybridized carbons (Fsp3) is 0.385. The highest BCUT2D eigenvalue weighted by atomic mass is 16.6. The quantitative estimate of drug-likeness (QED) is 0.443. The van der Waals surface area contributed by atoms with Crippen molar-refractivity contribution in [2.45, 2.75) is 34.3 Å². The molecule has 0 aromatic heterocycles. The molecule has 0 atom stereocenters. The van der Waals surface area contributed by atoms with Crippen LogP contribution in [-0.2, 0) is 11.4 Å². The fourth-order valence-corrected chi connectivity index (χ4v) is 1.45. The van der Waals surface area contributed by atoms with Crippen molar-refractivity contribution in [1.82, 2.24) is 0 Å². The van der Waals surface area contributed by atoms with E-state index in [9.17, 15) is 4.79 Å². The van der Waals surface area contributed by atoms with Crippen LogP contribution >= 0.6 is 0 Å².